The minimum absolute atomic E-state index is 0.0680. The first kappa shape index (κ1) is 22.4. The van der Waals surface area contributed by atoms with Crippen LogP contribution in [0.2, 0.25) is 0 Å². The van der Waals surface area contributed by atoms with E-state index in [0.717, 1.165) is 54.5 Å². The summed E-state index contributed by atoms with van der Waals surface area (Å²) in [7, 11) is 0. The van der Waals surface area contributed by atoms with Crippen LogP contribution >= 0.6 is 0 Å². The largest absolute Gasteiger partial charge is 0.378 e. The van der Waals surface area contributed by atoms with Gasteiger partial charge < -0.3 is 19.5 Å². The van der Waals surface area contributed by atoms with E-state index in [2.05, 4.69) is 39.0 Å². The number of ether oxygens (including phenoxy) is 1. The Kier molecular flexibility index (Phi) is 6.62. The lowest BCUT2D eigenvalue weighted by atomic mass is 10.1. The van der Waals surface area contributed by atoms with Crippen molar-refractivity contribution in [3.05, 3.63) is 82.7 Å². The summed E-state index contributed by atoms with van der Waals surface area (Å²) in [5.74, 6) is -0.416. The number of aromatic nitrogens is 1. The number of morpholine rings is 1. The van der Waals surface area contributed by atoms with Crippen molar-refractivity contribution >= 4 is 23.4 Å². The van der Waals surface area contributed by atoms with Gasteiger partial charge in [0.1, 0.15) is 11.6 Å². The molecule has 4 rings (SSSR count). The number of nitrogens with one attached hydrogen (secondary N) is 1. The summed E-state index contributed by atoms with van der Waals surface area (Å²) in [5, 5.41) is 12.4. The Morgan fingerprint density at radius 2 is 1.64 bits per heavy atom. The molecule has 0 bridgehead atoms. The van der Waals surface area contributed by atoms with Crippen molar-refractivity contribution in [2.45, 2.75) is 20.8 Å². The van der Waals surface area contributed by atoms with Gasteiger partial charge in [0.25, 0.3) is 5.91 Å². The first-order valence-corrected chi connectivity index (χ1v) is 11.1. The van der Waals surface area contributed by atoms with E-state index < -0.39 is 5.91 Å². The van der Waals surface area contributed by atoms with Crippen LogP contribution in [0.5, 0.6) is 0 Å². The molecular weight excluding hydrogens is 412 g/mol. The Labute approximate surface area is 194 Å². The maximum Gasteiger partial charge on any atom is 0.266 e. The number of hydrogen-bond donors (Lipinski definition) is 1. The van der Waals surface area contributed by atoms with Crippen LogP contribution in [0.25, 0.3) is 11.8 Å². The van der Waals surface area contributed by atoms with Crippen molar-refractivity contribution < 1.29 is 9.53 Å². The predicted molar refractivity (Wildman–Crippen MR) is 132 cm³/mol. The molecule has 6 heteroatoms. The van der Waals surface area contributed by atoms with Gasteiger partial charge in [-0.25, -0.2) is 0 Å². The van der Waals surface area contributed by atoms with Crippen LogP contribution in [-0.4, -0.2) is 36.8 Å². The van der Waals surface area contributed by atoms with Gasteiger partial charge in [0, 0.05) is 41.5 Å². The third-order valence-corrected chi connectivity index (χ3v) is 5.93. The highest BCUT2D eigenvalue weighted by atomic mass is 16.5. The SMILES string of the molecule is Cc1ccc(NC(=O)C(C#N)=Cc2cc(C)n(-c3ccc(N4CCOCC4)cc3)c2C)cc1. The maximum absolute atomic E-state index is 12.7. The Balaban J connectivity index is 1.57. The lowest BCUT2D eigenvalue weighted by Gasteiger charge is -2.29. The van der Waals surface area contributed by atoms with Crippen molar-refractivity contribution in [1.29, 1.82) is 5.26 Å². The fraction of sp³-hybridized carbons (Fsp3) is 0.259. The Morgan fingerprint density at radius 3 is 2.27 bits per heavy atom. The zero-order chi connectivity index (χ0) is 23.4. The molecule has 2 heterocycles. The minimum atomic E-state index is -0.416. The van der Waals surface area contributed by atoms with Gasteiger partial charge in [0.05, 0.1) is 13.2 Å². The normalized spacial score (nSPS) is 14.1. The highest BCUT2D eigenvalue weighted by Crippen LogP contribution is 2.25. The molecule has 33 heavy (non-hydrogen) atoms. The van der Waals surface area contributed by atoms with Crippen LogP contribution in [0.4, 0.5) is 11.4 Å². The molecule has 1 aromatic heterocycles. The van der Waals surface area contributed by atoms with E-state index >= 15 is 0 Å². The lowest BCUT2D eigenvalue weighted by Crippen LogP contribution is -2.36. The first-order valence-electron chi connectivity index (χ1n) is 11.1. The number of carbonyl (C=O) groups is 1. The van der Waals surface area contributed by atoms with Gasteiger partial charge in [-0.2, -0.15) is 5.26 Å². The Hall–Kier alpha value is -3.82. The fourth-order valence-corrected chi connectivity index (χ4v) is 4.10. The summed E-state index contributed by atoms with van der Waals surface area (Å²) < 4.78 is 7.58. The third kappa shape index (κ3) is 5.00. The van der Waals surface area contributed by atoms with E-state index in [1.165, 1.54) is 5.69 Å². The van der Waals surface area contributed by atoms with Crippen molar-refractivity contribution in [3.8, 4) is 11.8 Å². The number of nitriles is 1. The molecule has 1 saturated heterocycles. The van der Waals surface area contributed by atoms with Crippen LogP contribution in [0.3, 0.4) is 0 Å². The minimum Gasteiger partial charge on any atom is -0.378 e. The van der Waals surface area contributed by atoms with Gasteiger partial charge in [-0.15, -0.1) is 0 Å². The van der Waals surface area contributed by atoms with Crippen molar-refractivity contribution in [2.24, 2.45) is 0 Å². The lowest BCUT2D eigenvalue weighted by molar-refractivity contribution is -0.112. The zero-order valence-corrected chi connectivity index (χ0v) is 19.3. The number of benzene rings is 2. The van der Waals surface area contributed by atoms with Crippen LogP contribution in [-0.2, 0) is 9.53 Å². The third-order valence-electron chi connectivity index (χ3n) is 5.93. The molecule has 1 fully saturated rings. The standard InChI is InChI=1S/C27H28N4O2/c1-19-4-6-24(7-5-19)29-27(32)23(18-28)17-22-16-20(2)31(21(22)3)26-10-8-25(9-11-26)30-12-14-33-15-13-30/h4-11,16-17H,12-15H2,1-3H3,(H,29,32). The summed E-state index contributed by atoms with van der Waals surface area (Å²) in [6.07, 6.45) is 1.66. The van der Waals surface area contributed by atoms with Gasteiger partial charge in [0.2, 0.25) is 0 Å². The molecule has 3 aromatic rings. The van der Waals surface area contributed by atoms with Gasteiger partial charge in [0.15, 0.2) is 0 Å². The molecular formula is C27H28N4O2. The van der Waals surface area contributed by atoms with Crippen molar-refractivity contribution in [1.82, 2.24) is 4.57 Å². The van der Waals surface area contributed by atoms with Gasteiger partial charge in [-0.05, 0) is 74.9 Å². The smallest absolute Gasteiger partial charge is 0.266 e. The molecule has 0 aliphatic carbocycles. The highest BCUT2D eigenvalue weighted by Gasteiger charge is 2.15. The van der Waals surface area contributed by atoms with E-state index in [4.69, 9.17) is 4.74 Å². The van der Waals surface area contributed by atoms with Crippen molar-refractivity contribution in [2.75, 3.05) is 36.5 Å². The highest BCUT2D eigenvalue weighted by molar-refractivity contribution is 6.09. The fourth-order valence-electron chi connectivity index (χ4n) is 4.10. The molecule has 1 amide bonds. The summed E-state index contributed by atoms with van der Waals surface area (Å²) in [5.41, 5.74) is 6.93. The molecule has 1 N–H and O–H groups in total. The number of anilines is 2. The molecule has 6 nitrogen and oxygen atoms in total. The monoisotopic (exact) mass is 440 g/mol. The van der Waals surface area contributed by atoms with Crippen LogP contribution < -0.4 is 10.2 Å². The van der Waals surface area contributed by atoms with Gasteiger partial charge >= 0.3 is 0 Å². The maximum atomic E-state index is 12.7. The van der Waals surface area contributed by atoms with Crippen molar-refractivity contribution in [3.63, 3.8) is 0 Å². The summed E-state index contributed by atoms with van der Waals surface area (Å²) in [6, 6.07) is 20.0. The molecule has 0 spiro atoms. The van der Waals surface area contributed by atoms with E-state index in [9.17, 15) is 10.1 Å². The van der Waals surface area contributed by atoms with E-state index in [0.29, 0.717) is 5.69 Å². The number of carbonyl (C=O) groups excluding carboxylic acids is 1. The van der Waals surface area contributed by atoms with Crippen LogP contribution in [0.15, 0.2) is 60.2 Å². The molecule has 1 aliphatic heterocycles. The van der Waals surface area contributed by atoms with E-state index in [1.54, 1.807) is 6.08 Å². The second kappa shape index (κ2) is 9.76. The average molecular weight is 441 g/mol. The summed E-state index contributed by atoms with van der Waals surface area (Å²) >= 11 is 0. The molecule has 1 aliphatic rings. The zero-order valence-electron chi connectivity index (χ0n) is 19.3. The number of hydrogen-bond acceptors (Lipinski definition) is 4. The number of rotatable bonds is 5. The van der Waals surface area contributed by atoms with Crippen LogP contribution in [0, 0.1) is 32.1 Å². The second-order valence-electron chi connectivity index (χ2n) is 8.27. The Morgan fingerprint density at radius 1 is 1.00 bits per heavy atom. The quantitative estimate of drug-likeness (QED) is 0.458. The molecule has 0 saturated carbocycles. The molecule has 0 atom stereocenters. The summed E-state index contributed by atoms with van der Waals surface area (Å²) in [4.78, 5) is 15.0. The van der Waals surface area contributed by atoms with Gasteiger partial charge in [-0.1, -0.05) is 17.7 Å². The first-order chi connectivity index (χ1) is 16.0. The average Bonchev–Trinajstić information content (AvgIpc) is 3.12. The van der Waals surface area contributed by atoms with Gasteiger partial charge in [-0.3, -0.25) is 4.79 Å². The van der Waals surface area contributed by atoms with Crippen LogP contribution in [0.1, 0.15) is 22.5 Å². The summed E-state index contributed by atoms with van der Waals surface area (Å²) in [6.45, 7) is 9.32. The molecule has 168 valence electrons. The second-order valence-corrected chi connectivity index (χ2v) is 8.27. The number of aryl methyl sites for hydroxylation is 2. The topological polar surface area (TPSA) is 70.3 Å². The molecule has 0 radical (unpaired) electrons. The van der Waals surface area contributed by atoms with E-state index in [1.807, 2.05) is 57.2 Å². The Bertz CT molecular complexity index is 1210. The number of amides is 1. The molecule has 0 unspecified atom stereocenters. The van der Waals surface area contributed by atoms with E-state index in [-0.39, 0.29) is 5.57 Å². The number of nitrogens with zero attached hydrogens (tertiary/aromatic N) is 3. The molecule has 2 aromatic carbocycles. The predicted octanol–water partition coefficient (Wildman–Crippen LogP) is 4.78.